The summed E-state index contributed by atoms with van der Waals surface area (Å²) in [6.45, 7) is 3.52. The van der Waals surface area contributed by atoms with Crippen LogP contribution in [0, 0.1) is 6.92 Å². The Hall–Kier alpha value is -2.62. The fourth-order valence-corrected chi connectivity index (χ4v) is 3.84. The van der Waals surface area contributed by atoms with E-state index >= 15 is 0 Å². The fraction of sp³-hybridized carbons (Fsp3) is 0.333. The molecule has 1 aliphatic rings. The molecular formula is C21H23N3O. The third-order valence-electron chi connectivity index (χ3n) is 5.14. The number of hydrogen-bond acceptors (Lipinski definition) is 2. The molecule has 128 valence electrons. The number of imidazole rings is 1. The summed E-state index contributed by atoms with van der Waals surface area (Å²) < 4.78 is 1.92. The van der Waals surface area contributed by atoms with Crippen molar-refractivity contribution in [1.82, 2.24) is 14.3 Å². The summed E-state index contributed by atoms with van der Waals surface area (Å²) in [6, 6.07) is 16.4. The van der Waals surface area contributed by atoms with Crippen LogP contribution in [0.2, 0.25) is 0 Å². The van der Waals surface area contributed by atoms with Crippen LogP contribution >= 0.6 is 0 Å². The van der Waals surface area contributed by atoms with Crippen LogP contribution in [0.1, 0.15) is 46.9 Å². The quantitative estimate of drug-likeness (QED) is 0.709. The molecule has 3 aromatic rings. The molecule has 1 saturated heterocycles. The predicted molar refractivity (Wildman–Crippen MR) is 98.9 cm³/mol. The highest BCUT2D eigenvalue weighted by Gasteiger charge is 2.27. The summed E-state index contributed by atoms with van der Waals surface area (Å²) in [4.78, 5) is 19.9. The molecule has 4 heteroatoms. The van der Waals surface area contributed by atoms with Crippen LogP contribution in [0.3, 0.4) is 0 Å². The van der Waals surface area contributed by atoms with Crippen LogP contribution in [0.5, 0.6) is 0 Å². The second-order valence-corrected chi connectivity index (χ2v) is 6.83. The lowest BCUT2D eigenvalue weighted by Crippen LogP contribution is -2.35. The molecule has 25 heavy (non-hydrogen) atoms. The number of carbonyl (C=O) groups is 1. The Balaban J connectivity index is 1.65. The molecular weight excluding hydrogens is 310 g/mol. The van der Waals surface area contributed by atoms with Crippen molar-refractivity contribution in [3.05, 3.63) is 71.7 Å². The molecule has 1 amide bonds. The van der Waals surface area contributed by atoms with E-state index in [9.17, 15) is 4.79 Å². The Labute approximate surface area is 148 Å². The van der Waals surface area contributed by atoms with Gasteiger partial charge in [-0.05, 0) is 37.5 Å². The van der Waals surface area contributed by atoms with Crippen LogP contribution in [-0.4, -0.2) is 33.3 Å². The first-order valence-electron chi connectivity index (χ1n) is 9.02. The third-order valence-corrected chi connectivity index (χ3v) is 5.14. The number of rotatable bonds is 2. The van der Waals surface area contributed by atoms with Gasteiger partial charge in [0, 0.05) is 25.2 Å². The van der Waals surface area contributed by atoms with Crippen LogP contribution < -0.4 is 0 Å². The first-order chi connectivity index (χ1) is 12.2. The number of likely N-dealkylation sites (tertiary alicyclic amines) is 1. The van der Waals surface area contributed by atoms with Crippen molar-refractivity contribution < 1.29 is 4.79 Å². The highest BCUT2D eigenvalue weighted by molar-refractivity contribution is 5.94. The van der Waals surface area contributed by atoms with Gasteiger partial charge in [-0.2, -0.15) is 0 Å². The zero-order valence-corrected chi connectivity index (χ0v) is 14.6. The molecule has 1 aromatic carbocycles. The predicted octanol–water partition coefficient (Wildman–Crippen LogP) is 4.05. The molecule has 0 N–H and O–H groups in total. The van der Waals surface area contributed by atoms with Gasteiger partial charge in [0.05, 0.1) is 5.69 Å². The average Bonchev–Trinajstić information content (AvgIpc) is 2.82. The summed E-state index contributed by atoms with van der Waals surface area (Å²) in [5, 5.41) is 0. The van der Waals surface area contributed by atoms with E-state index in [0.717, 1.165) is 43.7 Å². The maximum Gasteiger partial charge on any atom is 0.272 e. The normalized spacial score (nSPS) is 18.3. The fourth-order valence-electron chi connectivity index (χ4n) is 3.84. The number of aromatic nitrogens is 2. The molecule has 0 aliphatic carbocycles. The minimum atomic E-state index is 0.0963. The lowest BCUT2D eigenvalue weighted by molar-refractivity contribution is 0.0746. The van der Waals surface area contributed by atoms with E-state index in [0.29, 0.717) is 11.6 Å². The van der Waals surface area contributed by atoms with Crippen molar-refractivity contribution >= 4 is 11.6 Å². The molecule has 1 atom stereocenters. The SMILES string of the molecule is Cc1nc2ccccn2c1C(=O)N1CCCCC(c2ccccc2)C1. The van der Waals surface area contributed by atoms with E-state index in [2.05, 4.69) is 29.2 Å². The minimum absolute atomic E-state index is 0.0963. The van der Waals surface area contributed by atoms with Crippen molar-refractivity contribution in [2.75, 3.05) is 13.1 Å². The molecule has 4 rings (SSSR count). The van der Waals surface area contributed by atoms with Gasteiger partial charge >= 0.3 is 0 Å². The number of hydrogen-bond donors (Lipinski definition) is 0. The number of amides is 1. The van der Waals surface area contributed by atoms with Gasteiger partial charge in [0.1, 0.15) is 11.3 Å². The average molecular weight is 333 g/mol. The van der Waals surface area contributed by atoms with Crippen LogP contribution in [-0.2, 0) is 0 Å². The van der Waals surface area contributed by atoms with Gasteiger partial charge in [-0.15, -0.1) is 0 Å². The topological polar surface area (TPSA) is 37.6 Å². The van der Waals surface area contributed by atoms with E-state index in [-0.39, 0.29) is 5.91 Å². The second-order valence-electron chi connectivity index (χ2n) is 6.83. The van der Waals surface area contributed by atoms with Crippen LogP contribution in [0.25, 0.3) is 5.65 Å². The summed E-state index contributed by atoms with van der Waals surface area (Å²) in [7, 11) is 0. The van der Waals surface area contributed by atoms with Gasteiger partial charge in [0.2, 0.25) is 0 Å². The van der Waals surface area contributed by atoms with Crippen molar-refractivity contribution in [2.24, 2.45) is 0 Å². The third kappa shape index (κ3) is 3.04. The Morgan fingerprint density at radius 3 is 2.72 bits per heavy atom. The molecule has 1 fully saturated rings. The van der Waals surface area contributed by atoms with E-state index < -0.39 is 0 Å². The minimum Gasteiger partial charge on any atom is -0.337 e. The molecule has 0 radical (unpaired) electrons. The number of benzene rings is 1. The summed E-state index contributed by atoms with van der Waals surface area (Å²) >= 11 is 0. The Bertz CT molecular complexity index is 885. The van der Waals surface area contributed by atoms with Crippen molar-refractivity contribution in [2.45, 2.75) is 32.1 Å². The first-order valence-corrected chi connectivity index (χ1v) is 9.02. The van der Waals surface area contributed by atoms with Gasteiger partial charge in [0.25, 0.3) is 5.91 Å². The van der Waals surface area contributed by atoms with E-state index in [1.54, 1.807) is 0 Å². The van der Waals surface area contributed by atoms with Crippen molar-refractivity contribution in [1.29, 1.82) is 0 Å². The summed E-state index contributed by atoms with van der Waals surface area (Å²) in [6.07, 6.45) is 5.29. The highest BCUT2D eigenvalue weighted by atomic mass is 16.2. The maximum absolute atomic E-state index is 13.3. The largest absolute Gasteiger partial charge is 0.337 e. The van der Waals surface area contributed by atoms with E-state index in [4.69, 9.17) is 0 Å². The Kier molecular flexibility index (Phi) is 4.26. The molecule has 1 aliphatic heterocycles. The molecule has 4 nitrogen and oxygen atoms in total. The standard InChI is InChI=1S/C21H23N3O/c1-16-20(24-14-8-6-12-19(24)22-16)21(25)23-13-7-5-11-18(15-23)17-9-3-2-4-10-17/h2-4,6,8-10,12,14,18H,5,7,11,13,15H2,1H3. The number of fused-ring (bicyclic) bond motifs is 1. The summed E-state index contributed by atoms with van der Waals surface area (Å²) in [5.41, 5.74) is 3.66. The van der Waals surface area contributed by atoms with E-state index in [1.807, 2.05) is 46.7 Å². The lowest BCUT2D eigenvalue weighted by Gasteiger charge is -2.25. The Morgan fingerprint density at radius 2 is 1.88 bits per heavy atom. The lowest BCUT2D eigenvalue weighted by atomic mass is 9.94. The molecule has 0 saturated carbocycles. The molecule has 0 spiro atoms. The molecule has 3 heterocycles. The monoisotopic (exact) mass is 333 g/mol. The van der Waals surface area contributed by atoms with Gasteiger partial charge in [-0.3, -0.25) is 9.20 Å². The van der Waals surface area contributed by atoms with Gasteiger partial charge in [0.15, 0.2) is 0 Å². The van der Waals surface area contributed by atoms with Gasteiger partial charge in [-0.1, -0.05) is 42.8 Å². The van der Waals surface area contributed by atoms with Gasteiger partial charge < -0.3 is 4.90 Å². The Morgan fingerprint density at radius 1 is 1.08 bits per heavy atom. The zero-order chi connectivity index (χ0) is 17.2. The molecule has 2 aromatic heterocycles. The number of aryl methyl sites for hydroxylation is 1. The molecule has 0 bridgehead atoms. The molecule has 1 unspecified atom stereocenters. The zero-order valence-electron chi connectivity index (χ0n) is 14.6. The van der Waals surface area contributed by atoms with Crippen molar-refractivity contribution in [3.63, 3.8) is 0 Å². The maximum atomic E-state index is 13.3. The number of carbonyl (C=O) groups excluding carboxylic acids is 1. The first kappa shape index (κ1) is 15.9. The number of pyridine rings is 1. The summed E-state index contributed by atoms with van der Waals surface area (Å²) in [5.74, 6) is 0.506. The van der Waals surface area contributed by atoms with Crippen molar-refractivity contribution in [3.8, 4) is 0 Å². The van der Waals surface area contributed by atoms with Crippen LogP contribution in [0.15, 0.2) is 54.7 Å². The van der Waals surface area contributed by atoms with Crippen LogP contribution in [0.4, 0.5) is 0 Å². The smallest absolute Gasteiger partial charge is 0.272 e. The van der Waals surface area contributed by atoms with Gasteiger partial charge in [-0.25, -0.2) is 4.98 Å². The van der Waals surface area contributed by atoms with E-state index in [1.165, 1.54) is 5.56 Å². The highest BCUT2D eigenvalue weighted by Crippen LogP contribution is 2.27. The number of nitrogens with zero attached hydrogens (tertiary/aromatic N) is 3. The second kappa shape index (κ2) is 6.71.